The highest BCUT2D eigenvalue weighted by molar-refractivity contribution is 5.76. The molecule has 0 aromatic carbocycles. The Kier molecular flexibility index (Phi) is 45.9. The van der Waals surface area contributed by atoms with E-state index >= 15 is 0 Å². The molecule has 5 aliphatic rings. The zero-order chi connectivity index (χ0) is 74.3. The molecule has 17 N–H and O–H groups in total. The maximum absolute atomic E-state index is 13.5. The van der Waals surface area contributed by atoms with Crippen LogP contribution in [0.15, 0.2) is 12.2 Å². The molecule has 0 aliphatic carbocycles. The fraction of sp³-hybridized carbons (Fsp3) is 0.959. The fourth-order valence-corrected chi connectivity index (χ4v) is 14.1. The molecular weight excluding hydrogens is 1330 g/mol. The van der Waals surface area contributed by atoms with Crippen molar-refractivity contribution in [2.24, 2.45) is 0 Å². The van der Waals surface area contributed by atoms with E-state index in [0.717, 1.165) is 44.9 Å². The van der Waals surface area contributed by atoms with E-state index in [0.29, 0.717) is 12.8 Å². The highest BCUT2D eigenvalue weighted by atomic mass is 16.8. The molecule has 28 nitrogen and oxygen atoms in total. The molecule has 5 fully saturated rings. The van der Waals surface area contributed by atoms with Crippen molar-refractivity contribution < 1.29 is 134 Å². The van der Waals surface area contributed by atoms with Gasteiger partial charge in [-0.2, -0.15) is 0 Å². The van der Waals surface area contributed by atoms with E-state index < -0.39 is 199 Å². The summed E-state index contributed by atoms with van der Waals surface area (Å²) in [6.45, 7) is 1.65. The molecule has 0 spiro atoms. The van der Waals surface area contributed by atoms with Gasteiger partial charge < -0.3 is 134 Å². The molecule has 0 bridgehead atoms. The summed E-state index contributed by atoms with van der Waals surface area (Å²) < 4.78 is 58.1. The van der Waals surface area contributed by atoms with Crippen molar-refractivity contribution in [3.05, 3.63) is 12.2 Å². The predicted molar refractivity (Wildman–Crippen MR) is 373 cm³/mol. The molecular formula is C74H137NO27. The molecule has 5 aliphatic heterocycles. The van der Waals surface area contributed by atoms with Gasteiger partial charge in [0.25, 0.3) is 0 Å². The van der Waals surface area contributed by atoms with Gasteiger partial charge in [-0.25, -0.2) is 0 Å². The van der Waals surface area contributed by atoms with Gasteiger partial charge in [-0.3, -0.25) is 4.79 Å². The topological polar surface area (TPSA) is 445 Å². The molecule has 10 unspecified atom stereocenters. The van der Waals surface area contributed by atoms with Crippen LogP contribution in [0.3, 0.4) is 0 Å². The van der Waals surface area contributed by atoms with Crippen molar-refractivity contribution >= 4 is 5.91 Å². The second-order valence-electron chi connectivity index (χ2n) is 29.2. The van der Waals surface area contributed by atoms with E-state index in [4.69, 9.17) is 47.4 Å². The number of ether oxygens (including phenoxy) is 10. The quantitative estimate of drug-likeness (QED) is 0.0305. The lowest BCUT2D eigenvalue weighted by Crippen LogP contribution is -2.68. The average molecular weight is 1470 g/mol. The number of aliphatic hydroxyl groups is 16. The first-order valence-electron chi connectivity index (χ1n) is 39.3. The molecule has 5 saturated heterocycles. The summed E-state index contributed by atoms with van der Waals surface area (Å²) in [6, 6.07) is -1.03. The number of aliphatic hydroxyl groups excluding tert-OH is 16. The number of allylic oxidation sites excluding steroid dienone is 1. The van der Waals surface area contributed by atoms with Crippen LogP contribution in [0, 0.1) is 0 Å². The van der Waals surface area contributed by atoms with Crippen LogP contribution in [0.5, 0.6) is 0 Å². The van der Waals surface area contributed by atoms with E-state index in [-0.39, 0.29) is 12.3 Å². The number of hydrogen-bond donors (Lipinski definition) is 17. The van der Waals surface area contributed by atoms with Crippen LogP contribution in [-0.2, 0) is 52.2 Å². The van der Waals surface area contributed by atoms with Crippen molar-refractivity contribution in [3.8, 4) is 0 Å². The van der Waals surface area contributed by atoms with Crippen molar-refractivity contribution in [2.75, 3.05) is 33.0 Å². The Bertz CT molecular complexity index is 2150. The summed E-state index contributed by atoms with van der Waals surface area (Å²) in [5, 5.41) is 179. The number of carbonyl (C=O) groups is 1. The first kappa shape index (κ1) is 90.8. The van der Waals surface area contributed by atoms with Gasteiger partial charge in [-0.15, -0.1) is 0 Å². The van der Waals surface area contributed by atoms with Crippen molar-refractivity contribution in [3.63, 3.8) is 0 Å². The highest BCUT2D eigenvalue weighted by Crippen LogP contribution is 2.37. The number of nitrogens with one attached hydrogen (secondary N) is 1. The van der Waals surface area contributed by atoms with Crippen LogP contribution in [-0.4, -0.2) is 286 Å². The summed E-state index contributed by atoms with van der Waals surface area (Å²) in [6.07, 6.45) is -0.830. The molecule has 0 aromatic heterocycles. The van der Waals surface area contributed by atoms with E-state index in [2.05, 4.69) is 19.2 Å². The summed E-state index contributed by atoms with van der Waals surface area (Å²) in [5.41, 5.74) is 0. The van der Waals surface area contributed by atoms with Crippen LogP contribution < -0.4 is 5.32 Å². The lowest BCUT2D eigenvalue weighted by molar-refractivity contribution is -0.398. The molecule has 27 atom stereocenters. The van der Waals surface area contributed by atoms with Gasteiger partial charge in [-0.1, -0.05) is 231 Å². The molecule has 5 heterocycles. The number of carbonyl (C=O) groups excluding carboxylic acids is 1. The second kappa shape index (κ2) is 51.5. The minimum atomic E-state index is -2.17. The zero-order valence-corrected chi connectivity index (χ0v) is 61.4. The third-order valence-electron chi connectivity index (χ3n) is 20.8. The summed E-state index contributed by atoms with van der Waals surface area (Å²) in [7, 11) is 0. The summed E-state index contributed by atoms with van der Waals surface area (Å²) >= 11 is 0. The molecule has 0 aromatic rings. The van der Waals surface area contributed by atoms with Crippen molar-refractivity contribution in [1.82, 2.24) is 5.32 Å². The molecule has 0 radical (unpaired) electrons. The minimum Gasteiger partial charge on any atom is -0.394 e. The SMILES string of the molecule is CCCCCCCCCCCCC/C=C/[C@@H](O)[C@H](CO[C@@H]1OC(CO)[C@@H](O[C@@H]2OC(CO)[C@H](O[C@@H]3OC(CO)[C@H](O)[C@H](O[C@H]4OC(CO)[C@H](O)[C@H](O)C4O[C@H]4OC(C)[C@@H](O)C(O)[C@@H]4O)C3O)[C@H](O)C2O)[C@H](O)C1O)NC(=O)CCCCCCCCCCCCCCCCCCCCCCCCC. The van der Waals surface area contributed by atoms with E-state index in [1.165, 1.54) is 174 Å². The van der Waals surface area contributed by atoms with Crippen LogP contribution in [0.2, 0.25) is 0 Å². The van der Waals surface area contributed by atoms with Gasteiger partial charge in [0.2, 0.25) is 5.91 Å². The highest BCUT2D eigenvalue weighted by Gasteiger charge is 2.57. The Morgan fingerprint density at radius 2 is 0.706 bits per heavy atom. The predicted octanol–water partition coefficient (Wildman–Crippen LogP) is 3.61. The first-order chi connectivity index (χ1) is 49.3. The standard InChI is InChI=1S/C74H137NO27/c1-4-6-8-10-12-14-16-18-19-20-21-22-23-24-25-26-27-29-31-33-35-37-39-41-54(81)75-48(49(80)40-38-36-34-32-30-28-17-15-13-11-9-7-5-2)46-93-70-63(90)60(87)66(52(44-78)97-70)99-72-64(91)61(88)67(53(45-79)98-72)100-73-65(92)68(57(84)51(43-77)95-73)101-74-69(59(86)56(83)50(42-76)96-74)102-71-62(89)58(85)55(82)47(3)94-71/h38,40,47-53,55-74,76-80,82-92H,4-37,39,41-46H2,1-3H3,(H,75,81)/b40-38+/t47?,48-,49+,50?,51?,52?,53?,55+,56-,57-,58?,59-,60+,61+,62-,63?,64?,65?,66+,67-,68-,69?,70+,71+,72-,73-,74+/m0/s1. The van der Waals surface area contributed by atoms with Crippen molar-refractivity contribution in [1.29, 1.82) is 0 Å². The Labute approximate surface area is 605 Å². The van der Waals surface area contributed by atoms with Crippen LogP contribution in [0.25, 0.3) is 0 Å². The smallest absolute Gasteiger partial charge is 0.220 e. The van der Waals surface area contributed by atoms with Gasteiger partial charge >= 0.3 is 0 Å². The van der Waals surface area contributed by atoms with Gasteiger partial charge in [0.1, 0.15) is 116 Å². The largest absolute Gasteiger partial charge is 0.394 e. The first-order valence-corrected chi connectivity index (χ1v) is 39.3. The third-order valence-corrected chi connectivity index (χ3v) is 20.8. The maximum atomic E-state index is 13.5. The Hall–Kier alpha value is -1.83. The van der Waals surface area contributed by atoms with E-state index in [9.17, 15) is 86.5 Å². The summed E-state index contributed by atoms with van der Waals surface area (Å²) in [4.78, 5) is 13.5. The van der Waals surface area contributed by atoms with Crippen LogP contribution >= 0.6 is 0 Å². The number of rotatable bonds is 54. The number of amides is 1. The third kappa shape index (κ3) is 30.2. The zero-order valence-electron chi connectivity index (χ0n) is 61.4. The lowest BCUT2D eigenvalue weighted by atomic mass is 9.95. The molecule has 0 saturated carbocycles. The number of hydrogen-bond acceptors (Lipinski definition) is 27. The average Bonchev–Trinajstić information content (AvgIpc) is 0.778. The number of unbranched alkanes of at least 4 members (excludes halogenated alkanes) is 33. The fourth-order valence-electron chi connectivity index (χ4n) is 14.1. The normalized spacial score (nSPS) is 35.3. The Balaban J connectivity index is 1.11. The molecule has 28 heteroatoms. The van der Waals surface area contributed by atoms with Crippen molar-refractivity contribution in [2.45, 2.75) is 418 Å². The van der Waals surface area contributed by atoms with Gasteiger partial charge in [0.05, 0.1) is 51.3 Å². The van der Waals surface area contributed by atoms with Crippen LogP contribution in [0.1, 0.15) is 252 Å². The van der Waals surface area contributed by atoms with Crippen LogP contribution in [0.4, 0.5) is 0 Å². The second-order valence-corrected chi connectivity index (χ2v) is 29.2. The lowest BCUT2D eigenvalue weighted by Gasteiger charge is -2.50. The molecule has 5 rings (SSSR count). The van der Waals surface area contributed by atoms with Gasteiger partial charge in [-0.05, 0) is 26.2 Å². The van der Waals surface area contributed by atoms with E-state index in [1.54, 1.807) is 6.08 Å². The monoisotopic (exact) mass is 1470 g/mol. The molecule has 102 heavy (non-hydrogen) atoms. The Morgan fingerprint density at radius 1 is 0.363 bits per heavy atom. The minimum absolute atomic E-state index is 0.206. The molecule has 600 valence electrons. The van der Waals surface area contributed by atoms with E-state index in [1.807, 2.05) is 6.08 Å². The van der Waals surface area contributed by atoms with Gasteiger partial charge in [0, 0.05) is 6.42 Å². The summed E-state index contributed by atoms with van der Waals surface area (Å²) in [5.74, 6) is -0.312. The maximum Gasteiger partial charge on any atom is 0.220 e. The molecule has 1 amide bonds. The Morgan fingerprint density at radius 3 is 1.17 bits per heavy atom. The van der Waals surface area contributed by atoms with Gasteiger partial charge in [0.15, 0.2) is 31.5 Å².